The van der Waals surface area contributed by atoms with Crippen molar-refractivity contribution in [2.45, 2.75) is 55.6 Å². The van der Waals surface area contributed by atoms with Gasteiger partial charge in [0.05, 0.1) is 5.75 Å². The Morgan fingerprint density at radius 2 is 1.18 bits per heavy atom. The van der Waals surface area contributed by atoms with Crippen LogP contribution in [0.25, 0.3) is 0 Å². The van der Waals surface area contributed by atoms with Crippen molar-refractivity contribution in [2.24, 2.45) is 0 Å². The summed E-state index contributed by atoms with van der Waals surface area (Å²) in [7, 11) is -4.39. The summed E-state index contributed by atoms with van der Waals surface area (Å²) in [6.07, 6.45) is -11.0. The lowest BCUT2D eigenvalue weighted by Gasteiger charge is -2.39. The Morgan fingerprint density at radius 3 is 1.55 bits per heavy atom. The van der Waals surface area contributed by atoms with Gasteiger partial charge in [0.1, 0.15) is 0 Å². The number of alkyl halides is 13. The normalized spacial score (nSPS) is 15.2. The summed E-state index contributed by atoms with van der Waals surface area (Å²) >= 11 is 0. The summed E-state index contributed by atoms with van der Waals surface area (Å²) < 4.78 is 193. The summed E-state index contributed by atoms with van der Waals surface area (Å²) in [5.74, 6) is -40.8. The molecule has 0 aromatic rings. The number of hydrogen-bond acceptors (Lipinski definition) is 3. The van der Waals surface area contributed by atoms with Crippen LogP contribution in [0, 0.1) is 0 Å². The van der Waals surface area contributed by atoms with Crippen molar-refractivity contribution in [3.63, 3.8) is 0 Å². The third kappa shape index (κ3) is 5.74. The van der Waals surface area contributed by atoms with Crippen LogP contribution < -0.4 is 0 Å². The van der Waals surface area contributed by atoms with E-state index in [1.165, 1.54) is 6.92 Å². The largest absolute Gasteiger partial charge is 0.460 e. The van der Waals surface area contributed by atoms with Gasteiger partial charge in [0.15, 0.2) is 5.78 Å². The smallest absolute Gasteiger partial charge is 0.295 e. The molecule has 0 aromatic heterocycles. The Bertz CT molecular complexity index is 850. The van der Waals surface area contributed by atoms with Gasteiger partial charge in [-0.3, -0.25) is 4.79 Å². The molecule has 4 nitrogen and oxygen atoms in total. The number of carbonyl (C=O) groups excluding carboxylic acids is 1. The number of nitrogens with zero attached hydrogens (tertiary/aromatic N) is 1. The second-order valence-electron chi connectivity index (χ2n) is 6.84. The maximum atomic E-state index is 13.7. The quantitative estimate of drug-likeness (QED) is 0.263. The van der Waals surface area contributed by atoms with E-state index in [0.29, 0.717) is 7.05 Å². The van der Waals surface area contributed by atoms with Crippen LogP contribution >= 0.6 is 0 Å². The van der Waals surface area contributed by atoms with Crippen molar-refractivity contribution in [2.75, 3.05) is 19.3 Å². The van der Waals surface area contributed by atoms with Crippen molar-refractivity contribution in [3.05, 3.63) is 12.2 Å². The molecule has 0 aliphatic rings. The van der Waals surface area contributed by atoms with Crippen LogP contribution in [0.1, 0.15) is 19.8 Å². The van der Waals surface area contributed by atoms with E-state index in [1.54, 1.807) is 0 Å². The third-order valence-corrected chi connectivity index (χ3v) is 6.13. The average molecular weight is 537 g/mol. The summed E-state index contributed by atoms with van der Waals surface area (Å²) in [4.78, 5) is 11.3. The number of halogens is 13. The molecule has 0 unspecified atom stereocenters. The molecule has 0 saturated carbocycles. The number of Topliss-reactive ketones (excluding diaryl/α,β-unsaturated/α-hetero) is 1. The number of sulfonamides is 1. The molecule has 0 bridgehead atoms. The SMILES string of the molecule is C=C(C)C(=O)CCN(C)S(=O)(=O)CCC(F)(F)C(F)(F)C(F)(F)C(F)(F)C(F)(F)C(F)(F)F. The van der Waals surface area contributed by atoms with E-state index in [9.17, 15) is 70.3 Å². The fraction of sp³-hybridized carbons (Fsp3) is 0.800. The van der Waals surface area contributed by atoms with Gasteiger partial charge in [-0.25, -0.2) is 12.7 Å². The highest BCUT2D eigenvalue weighted by Gasteiger charge is 2.90. The molecule has 0 amide bonds. The van der Waals surface area contributed by atoms with Crippen molar-refractivity contribution in [1.82, 2.24) is 4.31 Å². The van der Waals surface area contributed by atoms with Gasteiger partial charge in [0, 0.05) is 26.4 Å². The monoisotopic (exact) mass is 537 g/mol. The number of carbonyl (C=O) groups is 1. The third-order valence-electron chi connectivity index (χ3n) is 4.28. The Balaban J connectivity index is 5.83. The first-order valence-corrected chi connectivity index (χ1v) is 9.90. The van der Waals surface area contributed by atoms with Crippen LogP contribution in [0.5, 0.6) is 0 Å². The lowest BCUT2D eigenvalue weighted by molar-refractivity contribution is -0.439. The minimum absolute atomic E-state index is 0.0502. The molecule has 0 heterocycles. The van der Waals surface area contributed by atoms with Crippen molar-refractivity contribution < 1.29 is 70.3 Å². The van der Waals surface area contributed by atoms with Gasteiger partial charge in [-0.1, -0.05) is 6.58 Å². The van der Waals surface area contributed by atoms with E-state index in [4.69, 9.17) is 0 Å². The fourth-order valence-electron chi connectivity index (χ4n) is 1.98. The van der Waals surface area contributed by atoms with Gasteiger partial charge in [-0.15, -0.1) is 0 Å². The molecule has 0 fully saturated rings. The summed E-state index contributed by atoms with van der Waals surface area (Å²) in [6, 6.07) is 0. The predicted molar refractivity (Wildman–Crippen MR) is 86.3 cm³/mol. The lowest BCUT2D eigenvalue weighted by Crippen LogP contribution is -2.70. The highest BCUT2D eigenvalue weighted by molar-refractivity contribution is 7.89. The lowest BCUT2D eigenvalue weighted by atomic mass is 9.93. The van der Waals surface area contributed by atoms with Crippen LogP contribution in [0.15, 0.2) is 12.2 Å². The molecule has 0 atom stereocenters. The highest BCUT2D eigenvalue weighted by Crippen LogP contribution is 2.60. The molecule has 18 heteroatoms. The first-order chi connectivity index (χ1) is 14.2. The Morgan fingerprint density at radius 1 is 0.788 bits per heavy atom. The molecular weight excluding hydrogens is 521 g/mol. The maximum Gasteiger partial charge on any atom is 0.460 e. The van der Waals surface area contributed by atoms with E-state index < -0.39 is 76.7 Å². The van der Waals surface area contributed by atoms with Crippen molar-refractivity contribution in [3.8, 4) is 0 Å². The maximum absolute atomic E-state index is 13.7. The molecule has 0 rings (SSSR count). The first kappa shape index (κ1) is 31.4. The molecule has 0 aliphatic heterocycles. The molecule has 33 heavy (non-hydrogen) atoms. The second-order valence-corrected chi connectivity index (χ2v) is 9.04. The fourth-order valence-corrected chi connectivity index (χ4v) is 3.18. The molecule has 0 aliphatic carbocycles. The van der Waals surface area contributed by atoms with Crippen LogP contribution in [0.4, 0.5) is 57.1 Å². The van der Waals surface area contributed by atoms with E-state index in [2.05, 4.69) is 6.58 Å². The van der Waals surface area contributed by atoms with Gasteiger partial charge in [0.25, 0.3) is 0 Å². The Labute approximate surface area is 178 Å². The minimum Gasteiger partial charge on any atom is -0.295 e. The topological polar surface area (TPSA) is 54.5 Å². The predicted octanol–water partition coefficient (Wildman–Crippen LogP) is 4.91. The van der Waals surface area contributed by atoms with Crippen LogP contribution in [0.2, 0.25) is 0 Å². The van der Waals surface area contributed by atoms with Crippen molar-refractivity contribution in [1.29, 1.82) is 0 Å². The molecular formula is C15H16F13NO3S. The van der Waals surface area contributed by atoms with Crippen LogP contribution in [-0.4, -0.2) is 73.6 Å². The van der Waals surface area contributed by atoms with Gasteiger partial charge in [0.2, 0.25) is 10.0 Å². The van der Waals surface area contributed by atoms with E-state index in [1.807, 2.05) is 0 Å². The minimum atomic E-state index is -8.05. The highest BCUT2D eigenvalue weighted by atomic mass is 32.2. The zero-order valence-corrected chi connectivity index (χ0v) is 17.3. The van der Waals surface area contributed by atoms with Gasteiger partial charge < -0.3 is 0 Å². The van der Waals surface area contributed by atoms with Crippen LogP contribution in [-0.2, 0) is 14.8 Å². The first-order valence-electron chi connectivity index (χ1n) is 8.29. The standard InChI is InChI=1S/C15H16F13NO3S/c1-8(2)9(30)4-6-29(3)33(31,32)7-5-10(16,17)11(18,19)12(20,21)13(22,23)14(24,25)15(26,27)28/h1,4-7H2,2-3H3. The van der Waals surface area contributed by atoms with Crippen LogP contribution in [0.3, 0.4) is 0 Å². The van der Waals surface area contributed by atoms with Gasteiger partial charge >= 0.3 is 35.8 Å². The zero-order chi connectivity index (χ0) is 27.1. The number of ketones is 1. The molecule has 0 aromatic carbocycles. The van der Waals surface area contributed by atoms with Gasteiger partial charge in [-0.2, -0.15) is 57.1 Å². The van der Waals surface area contributed by atoms with E-state index >= 15 is 0 Å². The van der Waals surface area contributed by atoms with Crippen molar-refractivity contribution >= 4 is 15.8 Å². The Hall–Kier alpha value is -1.59. The summed E-state index contributed by atoms with van der Waals surface area (Å²) in [5.41, 5.74) is -0.0502. The number of allylic oxidation sites excluding steroid dienone is 1. The van der Waals surface area contributed by atoms with E-state index in [-0.39, 0.29) is 9.88 Å². The Kier molecular flexibility index (Phi) is 8.78. The summed E-state index contributed by atoms with van der Waals surface area (Å²) in [6.45, 7) is 3.70. The molecule has 196 valence electrons. The zero-order valence-electron chi connectivity index (χ0n) is 16.5. The number of hydrogen-bond donors (Lipinski definition) is 0. The molecule has 0 spiro atoms. The number of rotatable bonds is 12. The molecule has 0 saturated heterocycles. The second kappa shape index (κ2) is 9.22. The average Bonchev–Trinajstić information content (AvgIpc) is 2.62. The molecule has 0 radical (unpaired) electrons. The van der Waals surface area contributed by atoms with E-state index in [0.717, 1.165) is 0 Å². The molecule has 0 N–H and O–H groups in total. The van der Waals surface area contributed by atoms with Gasteiger partial charge in [-0.05, 0) is 12.5 Å². The summed E-state index contributed by atoms with van der Waals surface area (Å²) in [5, 5.41) is 0.